The van der Waals surface area contributed by atoms with Crippen molar-refractivity contribution in [2.24, 2.45) is 5.92 Å². The van der Waals surface area contributed by atoms with Gasteiger partial charge in [-0.15, -0.1) is 0 Å². The van der Waals surface area contributed by atoms with E-state index in [9.17, 15) is 0 Å². The first kappa shape index (κ1) is 15.9. The SMILES string of the molecule is COc1cccc([C@@H]2CN(c3nccc(N)n3)[C@@H]3C4CCN(CC4)[C@@H]32)c1. The highest BCUT2D eigenvalue weighted by Gasteiger charge is 2.54. The Hall–Kier alpha value is -2.34. The fourth-order valence-corrected chi connectivity index (χ4v) is 5.32. The van der Waals surface area contributed by atoms with Gasteiger partial charge in [0.15, 0.2) is 0 Å². The van der Waals surface area contributed by atoms with E-state index in [-0.39, 0.29) is 0 Å². The lowest BCUT2D eigenvalue weighted by atomic mass is 9.75. The number of nitrogens with two attached hydrogens (primary N) is 1. The van der Waals surface area contributed by atoms with Gasteiger partial charge in [0.25, 0.3) is 0 Å². The number of benzene rings is 1. The third-order valence-electron chi connectivity index (χ3n) is 6.44. The number of ether oxygens (including phenoxy) is 1. The number of piperidine rings is 3. The molecule has 26 heavy (non-hydrogen) atoms. The molecule has 0 spiro atoms. The molecule has 6 heteroatoms. The lowest BCUT2D eigenvalue weighted by Gasteiger charge is -2.51. The van der Waals surface area contributed by atoms with Crippen molar-refractivity contribution in [3.63, 3.8) is 0 Å². The van der Waals surface area contributed by atoms with Gasteiger partial charge in [-0.05, 0) is 55.6 Å². The zero-order valence-electron chi connectivity index (χ0n) is 15.1. The van der Waals surface area contributed by atoms with Crippen LogP contribution in [0.1, 0.15) is 24.3 Å². The van der Waals surface area contributed by atoms with E-state index in [1.165, 1.54) is 31.5 Å². The second-order valence-electron chi connectivity index (χ2n) is 7.67. The Morgan fingerprint density at radius 3 is 2.77 bits per heavy atom. The van der Waals surface area contributed by atoms with Crippen molar-refractivity contribution in [3.8, 4) is 5.75 Å². The minimum absolute atomic E-state index is 0.434. The average Bonchev–Trinajstić information content (AvgIpc) is 3.12. The lowest BCUT2D eigenvalue weighted by molar-refractivity contribution is 0.0353. The smallest absolute Gasteiger partial charge is 0.227 e. The Bertz CT molecular complexity index is 804. The van der Waals surface area contributed by atoms with Gasteiger partial charge < -0.3 is 15.4 Å². The molecular weight excluding hydrogens is 326 g/mol. The minimum atomic E-state index is 0.434. The molecular formula is C20H25N5O. The van der Waals surface area contributed by atoms with Crippen LogP contribution < -0.4 is 15.4 Å². The van der Waals surface area contributed by atoms with Crippen LogP contribution in [-0.2, 0) is 0 Å². The summed E-state index contributed by atoms with van der Waals surface area (Å²) in [6, 6.07) is 11.3. The van der Waals surface area contributed by atoms with Gasteiger partial charge in [-0.2, -0.15) is 4.98 Å². The van der Waals surface area contributed by atoms with Gasteiger partial charge in [0, 0.05) is 24.7 Å². The summed E-state index contributed by atoms with van der Waals surface area (Å²) >= 11 is 0. The molecule has 0 amide bonds. The van der Waals surface area contributed by atoms with Crippen LogP contribution in [0.3, 0.4) is 0 Å². The van der Waals surface area contributed by atoms with Crippen molar-refractivity contribution in [2.75, 3.05) is 37.4 Å². The molecule has 136 valence electrons. The van der Waals surface area contributed by atoms with Crippen molar-refractivity contribution in [1.29, 1.82) is 0 Å². The number of hydrogen-bond donors (Lipinski definition) is 1. The number of hydrogen-bond acceptors (Lipinski definition) is 6. The van der Waals surface area contributed by atoms with Crippen molar-refractivity contribution >= 4 is 11.8 Å². The molecule has 4 fully saturated rings. The Balaban J connectivity index is 1.56. The molecule has 2 bridgehead atoms. The van der Waals surface area contributed by atoms with Crippen molar-refractivity contribution in [3.05, 3.63) is 42.1 Å². The van der Waals surface area contributed by atoms with Crippen LogP contribution in [0, 0.1) is 5.92 Å². The van der Waals surface area contributed by atoms with E-state index in [2.05, 4.69) is 38.0 Å². The molecule has 0 aliphatic carbocycles. The average molecular weight is 351 g/mol. The summed E-state index contributed by atoms with van der Waals surface area (Å²) in [5.74, 6) is 3.39. The Morgan fingerprint density at radius 2 is 2.00 bits per heavy atom. The van der Waals surface area contributed by atoms with E-state index < -0.39 is 0 Å². The largest absolute Gasteiger partial charge is 0.497 e. The van der Waals surface area contributed by atoms with Crippen molar-refractivity contribution in [1.82, 2.24) is 14.9 Å². The maximum Gasteiger partial charge on any atom is 0.227 e. The Kier molecular flexibility index (Phi) is 3.74. The second-order valence-corrected chi connectivity index (χ2v) is 7.67. The Labute approximate surface area is 154 Å². The van der Waals surface area contributed by atoms with Gasteiger partial charge in [0.05, 0.1) is 13.2 Å². The normalized spacial score (nSPS) is 32.5. The van der Waals surface area contributed by atoms with E-state index in [1.54, 1.807) is 19.4 Å². The highest BCUT2D eigenvalue weighted by molar-refractivity contribution is 5.46. The van der Waals surface area contributed by atoms with Gasteiger partial charge in [0.1, 0.15) is 11.6 Å². The van der Waals surface area contributed by atoms with Gasteiger partial charge in [-0.25, -0.2) is 4.98 Å². The van der Waals surface area contributed by atoms with Gasteiger partial charge in [-0.1, -0.05) is 12.1 Å². The van der Waals surface area contributed by atoms with Gasteiger partial charge in [-0.3, -0.25) is 4.90 Å². The summed E-state index contributed by atoms with van der Waals surface area (Å²) in [5.41, 5.74) is 7.29. The summed E-state index contributed by atoms with van der Waals surface area (Å²) in [5, 5.41) is 0. The summed E-state index contributed by atoms with van der Waals surface area (Å²) in [7, 11) is 1.73. The second kappa shape index (κ2) is 6.13. The number of aromatic nitrogens is 2. The molecule has 4 aliphatic rings. The van der Waals surface area contributed by atoms with Crippen LogP contribution >= 0.6 is 0 Å². The first-order valence-electron chi connectivity index (χ1n) is 9.48. The predicted octanol–water partition coefficient (Wildman–Crippen LogP) is 2.13. The molecule has 0 unspecified atom stereocenters. The first-order chi connectivity index (χ1) is 12.7. The van der Waals surface area contributed by atoms with Crippen LogP contribution in [-0.4, -0.2) is 53.7 Å². The molecule has 2 aromatic rings. The van der Waals surface area contributed by atoms with E-state index in [4.69, 9.17) is 10.5 Å². The van der Waals surface area contributed by atoms with E-state index >= 15 is 0 Å². The Morgan fingerprint density at radius 1 is 1.15 bits per heavy atom. The zero-order chi connectivity index (χ0) is 17.7. The maximum atomic E-state index is 5.95. The number of methoxy groups -OCH3 is 1. The van der Waals surface area contributed by atoms with E-state index in [0.29, 0.717) is 29.7 Å². The predicted molar refractivity (Wildman–Crippen MR) is 101 cm³/mol. The van der Waals surface area contributed by atoms with Gasteiger partial charge >= 0.3 is 0 Å². The summed E-state index contributed by atoms with van der Waals surface area (Å²) in [6.07, 6.45) is 4.31. The molecule has 1 aromatic heterocycles. The third-order valence-corrected chi connectivity index (χ3v) is 6.44. The van der Waals surface area contributed by atoms with Crippen LogP contribution in [0.2, 0.25) is 0 Å². The number of rotatable bonds is 3. The third kappa shape index (κ3) is 2.43. The fraction of sp³-hybridized carbons (Fsp3) is 0.500. The standard InChI is InChI=1S/C20H25N5O/c1-26-15-4-2-3-14(11-15)16-12-25(20-22-8-5-17(21)23-20)18-13-6-9-24(10-7-13)19(16)18/h2-5,8,11,13,16,18-19H,6-7,9-10,12H2,1H3,(H2,21,22,23)/t16-,18+,19+/m0/s1. The molecule has 5 heterocycles. The monoisotopic (exact) mass is 351 g/mol. The summed E-state index contributed by atoms with van der Waals surface area (Å²) in [6.45, 7) is 3.34. The molecule has 6 nitrogen and oxygen atoms in total. The molecule has 2 N–H and O–H groups in total. The molecule has 6 rings (SSSR count). The van der Waals surface area contributed by atoms with Crippen molar-refractivity contribution < 1.29 is 4.74 Å². The van der Waals surface area contributed by atoms with Crippen LogP contribution in [0.25, 0.3) is 0 Å². The van der Waals surface area contributed by atoms with Crippen molar-refractivity contribution in [2.45, 2.75) is 30.8 Å². The molecule has 4 aliphatic heterocycles. The molecule has 0 radical (unpaired) electrons. The van der Waals surface area contributed by atoms with E-state index in [1.807, 2.05) is 6.07 Å². The summed E-state index contributed by atoms with van der Waals surface area (Å²) < 4.78 is 5.47. The summed E-state index contributed by atoms with van der Waals surface area (Å²) in [4.78, 5) is 14.2. The molecule has 1 aromatic carbocycles. The quantitative estimate of drug-likeness (QED) is 0.914. The zero-order valence-corrected chi connectivity index (χ0v) is 15.1. The molecule has 0 saturated carbocycles. The highest BCUT2D eigenvalue weighted by Crippen LogP contribution is 2.47. The maximum absolute atomic E-state index is 5.95. The minimum Gasteiger partial charge on any atom is -0.497 e. The fourth-order valence-electron chi connectivity index (χ4n) is 5.32. The number of fused-ring (bicyclic) bond motifs is 2. The molecule has 3 atom stereocenters. The van der Waals surface area contributed by atoms with E-state index in [0.717, 1.165) is 18.2 Å². The topological polar surface area (TPSA) is 67.5 Å². The van der Waals surface area contributed by atoms with Crippen LogP contribution in [0.4, 0.5) is 11.8 Å². The number of nitrogen functional groups attached to an aromatic ring is 1. The van der Waals surface area contributed by atoms with Crippen LogP contribution in [0.5, 0.6) is 5.75 Å². The number of anilines is 2. The lowest BCUT2D eigenvalue weighted by Crippen LogP contribution is -2.60. The van der Waals surface area contributed by atoms with Crippen LogP contribution in [0.15, 0.2) is 36.5 Å². The molecule has 4 saturated heterocycles. The highest BCUT2D eigenvalue weighted by atomic mass is 16.5. The van der Waals surface area contributed by atoms with Gasteiger partial charge in [0.2, 0.25) is 5.95 Å². The number of nitrogens with zero attached hydrogens (tertiary/aromatic N) is 4. The first-order valence-corrected chi connectivity index (χ1v) is 9.48.